The second kappa shape index (κ2) is 10.1. The number of aryl methyl sites for hydroxylation is 1. The van der Waals surface area contributed by atoms with E-state index in [1.807, 2.05) is 36.1 Å². The molecule has 0 saturated heterocycles. The Balaban J connectivity index is 1.20. The highest BCUT2D eigenvalue weighted by Gasteiger charge is 2.35. The van der Waals surface area contributed by atoms with Gasteiger partial charge in [0, 0.05) is 23.5 Å². The number of hydrogen-bond donors (Lipinski definition) is 0. The minimum atomic E-state index is -0.188. The molecule has 8 heteroatoms. The fourth-order valence-corrected chi connectivity index (χ4v) is 5.91. The van der Waals surface area contributed by atoms with E-state index in [9.17, 15) is 9.59 Å². The van der Waals surface area contributed by atoms with Crippen LogP contribution < -0.4 is 14.2 Å². The van der Waals surface area contributed by atoms with Crippen LogP contribution in [0, 0.1) is 12.8 Å². The highest BCUT2D eigenvalue weighted by Crippen LogP contribution is 2.36. The van der Waals surface area contributed by atoms with Crippen LogP contribution in [0.25, 0.3) is 0 Å². The Bertz CT molecular complexity index is 1300. The zero-order valence-corrected chi connectivity index (χ0v) is 21.7. The van der Waals surface area contributed by atoms with E-state index in [0.29, 0.717) is 42.7 Å². The maximum absolute atomic E-state index is 13.8. The molecule has 2 amide bonds. The number of carbonyl (C=O) groups excluding carboxylic acids is 2. The third-order valence-electron chi connectivity index (χ3n) is 7.25. The van der Waals surface area contributed by atoms with Gasteiger partial charge in [-0.1, -0.05) is 17.7 Å². The predicted octanol–water partition coefficient (Wildman–Crippen LogP) is 4.84. The number of amides is 2. The highest BCUT2D eigenvalue weighted by molar-refractivity contribution is 7.10. The van der Waals surface area contributed by atoms with Gasteiger partial charge in [-0.15, -0.1) is 11.3 Å². The van der Waals surface area contributed by atoms with Crippen LogP contribution in [0.5, 0.6) is 17.2 Å². The topological polar surface area (TPSA) is 68.3 Å². The second-order valence-electron chi connectivity index (χ2n) is 9.97. The Kier molecular flexibility index (Phi) is 6.50. The van der Waals surface area contributed by atoms with Gasteiger partial charge in [0.25, 0.3) is 5.91 Å². The highest BCUT2D eigenvalue weighted by atomic mass is 32.1. The molecule has 1 aromatic heterocycles. The van der Waals surface area contributed by atoms with Crippen LogP contribution in [0.15, 0.2) is 53.9 Å². The summed E-state index contributed by atoms with van der Waals surface area (Å²) in [5.74, 6) is 2.24. The van der Waals surface area contributed by atoms with Crippen molar-refractivity contribution in [1.29, 1.82) is 0 Å². The lowest BCUT2D eigenvalue weighted by Gasteiger charge is -2.37. The molecule has 0 spiro atoms. The van der Waals surface area contributed by atoms with Crippen molar-refractivity contribution in [3.05, 3.63) is 75.5 Å². The molecule has 37 heavy (non-hydrogen) atoms. The molecule has 0 radical (unpaired) electrons. The van der Waals surface area contributed by atoms with E-state index in [0.717, 1.165) is 30.6 Å². The van der Waals surface area contributed by atoms with Gasteiger partial charge in [0.1, 0.15) is 18.9 Å². The number of benzene rings is 2. The lowest BCUT2D eigenvalue weighted by atomic mass is 10.00. The number of nitrogens with zero attached hydrogens (tertiary/aromatic N) is 2. The normalized spacial score (nSPS) is 17.9. The van der Waals surface area contributed by atoms with Crippen LogP contribution in [0.3, 0.4) is 0 Å². The van der Waals surface area contributed by atoms with Crippen molar-refractivity contribution < 1.29 is 23.8 Å². The number of ether oxygens (including phenoxy) is 3. The number of thiophene rings is 1. The molecule has 3 heterocycles. The molecule has 0 N–H and O–H groups in total. The maximum Gasteiger partial charge on any atom is 0.254 e. The average molecular weight is 519 g/mol. The van der Waals surface area contributed by atoms with Gasteiger partial charge in [-0.25, -0.2) is 0 Å². The van der Waals surface area contributed by atoms with Crippen molar-refractivity contribution >= 4 is 23.2 Å². The smallest absolute Gasteiger partial charge is 0.254 e. The minimum Gasteiger partial charge on any atom is -0.491 e. The molecule has 3 aromatic rings. The zero-order chi connectivity index (χ0) is 25.4. The fourth-order valence-electron chi connectivity index (χ4n) is 4.98. The van der Waals surface area contributed by atoms with E-state index in [1.54, 1.807) is 34.4 Å². The lowest BCUT2D eigenvalue weighted by Crippen LogP contribution is -2.48. The maximum atomic E-state index is 13.8. The largest absolute Gasteiger partial charge is 0.491 e. The zero-order valence-electron chi connectivity index (χ0n) is 20.9. The summed E-state index contributed by atoms with van der Waals surface area (Å²) in [6.45, 7) is 3.82. The van der Waals surface area contributed by atoms with Crippen LogP contribution in [0.2, 0.25) is 0 Å². The van der Waals surface area contributed by atoms with Gasteiger partial charge in [0.15, 0.2) is 11.5 Å². The molecule has 0 bridgehead atoms. The number of carbonyl (C=O) groups is 2. The van der Waals surface area contributed by atoms with Crippen molar-refractivity contribution in [2.75, 3.05) is 33.0 Å². The molecular formula is C29H30N2O5S. The molecule has 2 aliphatic heterocycles. The van der Waals surface area contributed by atoms with Gasteiger partial charge in [-0.2, -0.15) is 0 Å². The molecule has 1 aliphatic carbocycles. The first kappa shape index (κ1) is 23.9. The van der Waals surface area contributed by atoms with E-state index in [2.05, 4.69) is 11.4 Å². The van der Waals surface area contributed by atoms with Crippen molar-refractivity contribution in [3.8, 4) is 17.2 Å². The summed E-state index contributed by atoms with van der Waals surface area (Å²) >= 11 is 1.73. The van der Waals surface area contributed by atoms with Gasteiger partial charge in [-0.3, -0.25) is 9.59 Å². The van der Waals surface area contributed by atoms with Crippen LogP contribution in [-0.4, -0.2) is 54.6 Å². The molecular weight excluding hydrogens is 488 g/mol. The molecule has 1 saturated carbocycles. The second-order valence-corrected chi connectivity index (χ2v) is 11.0. The van der Waals surface area contributed by atoms with Gasteiger partial charge < -0.3 is 24.0 Å². The Morgan fingerprint density at radius 1 is 1.08 bits per heavy atom. The summed E-state index contributed by atoms with van der Waals surface area (Å²) in [5, 5.41) is 2.08. The molecule has 192 valence electrons. The van der Waals surface area contributed by atoms with E-state index < -0.39 is 0 Å². The van der Waals surface area contributed by atoms with Gasteiger partial charge in [0.05, 0.1) is 6.04 Å². The summed E-state index contributed by atoms with van der Waals surface area (Å²) < 4.78 is 17.0. The van der Waals surface area contributed by atoms with Crippen molar-refractivity contribution in [2.45, 2.75) is 32.2 Å². The van der Waals surface area contributed by atoms with E-state index in [-0.39, 0.29) is 31.2 Å². The fraction of sp³-hybridized carbons (Fsp3) is 0.379. The minimum absolute atomic E-state index is 0.0459. The summed E-state index contributed by atoms with van der Waals surface area (Å²) in [4.78, 5) is 32.2. The summed E-state index contributed by atoms with van der Waals surface area (Å²) in [5.41, 5.74) is 2.83. The summed E-state index contributed by atoms with van der Waals surface area (Å²) in [7, 11) is 0. The number of hydrogen-bond acceptors (Lipinski definition) is 6. The standard InChI is InChI=1S/C29H30N2O5S/c1-19-2-7-22(8-3-19)34-17-24-23-11-13-37-27(23)10-12-31(24)28(32)16-30(15-20-4-5-20)29(33)21-6-9-25-26(14-21)36-18-35-25/h2-3,6-9,11,13-14,20,24H,4-5,10,12,15-18H2,1H3/t24-/m1/s1. The average Bonchev–Trinajstić information content (AvgIpc) is 3.38. The molecule has 1 atom stereocenters. The van der Waals surface area contributed by atoms with E-state index >= 15 is 0 Å². The lowest BCUT2D eigenvalue weighted by molar-refractivity contribution is -0.135. The van der Waals surface area contributed by atoms with E-state index in [1.165, 1.54) is 10.4 Å². The first-order chi connectivity index (χ1) is 18.0. The number of rotatable bonds is 8. The molecule has 0 unspecified atom stereocenters. The summed E-state index contributed by atoms with van der Waals surface area (Å²) in [6.07, 6.45) is 3.00. The molecule has 6 rings (SSSR count). The van der Waals surface area contributed by atoms with Crippen LogP contribution in [-0.2, 0) is 11.2 Å². The molecule has 3 aliphatic rings. The van der Waals surface area contributed by atoms with Crippen molar-refractivity contribution in [1.82, 2.24) is 9.80 Å². The monoisotopic (exact) mass is 518 g/mol. The van der Waals surface area contributed by atoms with Gasteiger partial charge in [-0.05, 0) is 79.4 Å². The van der Waals surface area contributed by atoms with Gasteiger partial charge in [0.2, 0.25) is 12.7 Å². The third-order valence-corrected chi connectivity index (χ3v) is 8.25. The SMILES string of the molecule is Cc1ccc(OC[C@@H]2c3ccsc3CCN2C(=O)CN(CC2CC2)C(=O)c2ccc3c(c2)OCO3)cc1. The van der Waals surface area contributed by atoms with Crippen molar-refractivity contribution in [2.24, 2.45) is 5.92 Å². The Labute approximate surface area is 220 Å². The molecule has 7 nitrogen and oxygen atoms in total. The predicted molar refractivity (Wildman–Crippen MR) is 140 cm³/mol. The quantitative estimate of drug-likeness (QED) is 0.427. The third kappa shape index (κ3) is 5.16. The van der Waals surface area contributed by atoms with Crippen LogP contribution in [0.4, 0.5) is 0 Å². The molecule has 2 aromatic carbocycles. The number of fused-ring (bicyclic) bond motifs is 2. The van der Waals surface area contributed by atoms with Crippen LogP contribution in [0.1, 0.15) is 45.2 Å². The molecule has 1 fully saturated rings. The summed E-state index contributed by atoms with van der Waals surface area (Å²) in [6, 6.07) is 15.1. The Morgan fingerprint density at radius 2 is 1.89 bits per heavy atom. The Morgan fingerprint density at radius 3 is 2.70 bits per heavy atom. The first-order valence-electron chi connectivity index (χ1n) is 12.8. The Hall–Kier alpha value is -3.52. The van der Waals surface area contributed by atoms with Gasteiger partial charge >= 0.3 is 0 Å². The first-order valence-corrected chi connectivity index (χ1v) is 13.7. The van der Waals surface area contributed by atoms with Crippen LogP contribution >= 0.6 is 11.3 Å². The van der Waals surface area contributed by atoms with E-state index in [4.69, 9.17) is 14.2 Å². The van der Waals surface area contributed by atoms with Crippen molar-refractivity contribution in [3.63, 3.8) is 0 Å².